The fourth-order valence-electron chi connectivity index (χ4n) is 1.85. The molecule has 0 bridgehead atoms. The van der Waals surface area contributed by atoms with Gasteiger partial charge in [-0.05, 0) is 19.3 Å². The van der Waals surface area contributed by atoms with Crippen molar-refractivity contribution in [2.75, 3.05) is 0 Å². The highest BCUT2D eigenvalue weighted by Gasteiger charge is 2.51. The van der Waals surface area contributed by atoms with E-state index in [1.807, 2.05) is 0 Å². The SMILES string of the molecule is ON=C1CC2C=CCCC12Cl. The molecule has 0 aromatic rings. The second-order valence-corrected chi connectivity index (χ2v) is 3.86. The van der Waals surface area contributed by atoms with Gasteiger partial charge in [-0.3, -0.25) is 0 Å². The lowest BCUT2D eigenvalue weighted by Gasteiger charge is -2.45. The molecule has 0 heterocycles. The molecule has 0 saturated heterocycles. The van der Waals surface area contributed by atoms with Gasteiger partial charge in [0.2, 0.25) is 0 Å². The van der Waals surface area contributed by atoms with Gasteiger partial charge in [0, 0.05) is 5.92 Å². The molecule has 2 unspecified atom stereocenters. The maximum Gasteiger partial charge on any atom is 0.0928 e. The number of oxime groups is 1. The molecule has 1 fully saturated rings. The van der Waals surface area contributed by atoms with Gasteiger partial charge in [-0.25, -0.2) is 0 Å². The van der Waals surface area contributed by atoms with E-state index in [0.29, 0.717) is 5.92 Å². The number of nitrogens with zero attached hydrogens (tertiary/aromatic N) is 1. The summed E-state index contributed by atoms with van der Waals surface area (Å²) in [6, 6.07) is 0. The van der Waals surface area contributed by atoms with E-state index in [2.05, 4.69) is 17.3 Å². The Morgan fingerprint density at radius 3 is 3.18 bits per heavy atom. The van der Waals surface area contributed by atoms with Crippen molar-refractivity contribution in [1.29, 1.82) is 0 Å². The third kappa shape index (κ3) is 0.822. The smallest absolute Gasteiger partial charge is 0.0928 e. The zero-order chi connectivity index (χ0) is 7.90. The quantitative estimate of drug-likeness (QED) is 0.258. The molecule has 2 rings (SSSR count). The van der Waals surface area contributed by atoms with Gasteiger partial charge < -0.3 is 5.21 Å². The fraction of sp³-hybridized carbons (Fsp3) is 0.625. The van der Waals surface area contributed by atoms with Gasteiger partial charge >= 0.3 is 0 Å². The number of halogens is 1. The monoisotopic (exact) mass is 171 g/mol. The van der Waals surface area contributed by atoms with Crippen LogP contribution in [0.1, 0.15) is 19.3 Å². The Labute approximate surface area is 70.5 Å². The number of hydrogen-bond donors (Lipinski definition) is 1. The normalized spacial score (nSPS) is 45.2. The maximum atomic E-state index is 8.57. The predicted molar refractivity (Wildman–Crippen MR) is 44.3 cm³/mol. The highest BCUT2D eigenvalue weighted by molar-refractivity contribution is 6.39. The van der Waals surface area contributed by atoms with Crippen LogP contribution in [0, 0.1) is 5.92 Å². The average molecular weight is 172 g/mol. The summed E-state index contributed by atoms with van der Waals surface area (Å²) in [4.78, 5) is -0.330. The molecule has 0 spiro atoms. The fourth-order valence-corrected chi connectivity index (χ4v) is 2.22. The van der Waals surface area contributed by atoms with E-state index < -0.39 is 0 Å². The molecule has 0 radical (unpaired) electrons. The minimum atomic E-state index is -0.330. The van der Waals surface area contributed by atoms with Gasteiger partial charge in [0.25, 0.3) is 0 Å². The Morgan fingerprint density at radius 1 is 1.73 bits per heavy atom. The molecule has 3 heteroatoms. The second-order valence-electron chi connectivity index (χ2n) is 3.19. The molecule has 0 aromatic heterocycles. The molecular weight excluding hydrogens is 162 g/mol. The number of hydrogen-bond acceptors (Lipinski definition) is 2. The van der Waals surface area contributed by atoms with E-state index in [9.17, 15) is 0 Å². The summed E-state index contributed by atoms with van der Waals surface area (Å²) < 4.78 is 0. The lowest BCUT2D eigenvalue weighted by atomic mass is 9.66. The first-order chi connectivity index (χ1) is 5.27. The van der Waals surface area contributed by atoms with Gasteiger partial charge in [0.05, 0.1) is 10.6 Å². The molecule has 0 aliphatic heterocycles. The van der Waals surface area contributed by atoms with Crippen LogP contribution in [-0.2, 0) is 0 Å². The Morgan fingerprint density at radius 2 is 2.55 bits per heavy atom. The highest BCUT2D eigenvalue weighted by atomic mass is 35.5. The lowest BCUT2D eigenvalue weighted by Crippen LogP contribution is -2.52. The lowest BCUT2D eigenvalue weighted by molar-refractivity contribution is 0.296. The molecule has 60 valence electrons. The summed E-state index contributed by atoms with van der Waals surface area (Å²) in [5, 5.41) is 11.8. The first-order valence-corrected chi connectivity index (χ1v) is 4.22. The standard InChI is InChI=1S/C8H10ClNO/c9-8-4-2-1-3-6(8)5-7(8)10-11/h1,3,6,11H,2,4-5H2. The first kappa shape index (κ1) is 7.17. The Hall–Kier alpha value is -0.500. The Balaban J connectivity index is 2.26. The van der Waals surface area contributed by atoms with E-state index in [0.717, 1.165) is 25.0 Å². The van der Waals surface area contributed by atoms with Gasteiger partial charge in [-0.15, -0.1) is 11.6 Å². The predicted octanol–water partition coefficient (Wildman–Crippen LogP) is 2.16. The van der Waals surface area contributed by atoms with E-state index in [-0.39, 0.29) is 4.87 Å². The van der Waals surface area contributed by atoms with Gasteiger partial charge in [-0.1, -0.05) is 17.3 Å². The molecule has 11 heavy (non-hydrogen) atoms. The first-order valence-electron chi connectivity index (χ1n) is 3.84. The van der Waals surface area contributed by atoms with Crippen LogP contribution in [-0.4, -0.2) is 15.8 Å². The molecule has 0 amide bonds. The topological polar surface area (TPSA) is 32.6 Å². The van der Waals surface area contributed by atoms with Crippen molar-refractivity contribution >= 4 is 17.3 Å². The Kier molecular flexibility index (Phi) is 1.46. The zero-order valence-corrected chi connectivity index (χ0v) is 6.88. The van der Waals surface area contributed by atoms with E-state index in [1.54, 1.807) is 0 Å². The molecule has 2 aliphatic carbocycles. The summed E-state index contributed by atoms with van der Waals surface area (Å²) in [7, 11) is 0. The molecule has 0 aromatic carbocycles. The van der Waals surface area contributed by atoms with Crippen molar-refractivity contribution in [3.63, 3.8) is 0 Å². The van der Waals surface area contributed by atoms with Crippen LogP contribution in [0.15, 0.2) is 17.3 Å². The van der Waals surface area contributed by atoms with E-state index >= 15 is 0 Å². The third-order valence-electron chi connectivity index (χ3n) is 2.64. The van der Waals surface area contributed by atoms with Crippen LogP contribution in [0.4, 0.5) is 0 Å². The van der Waals surface area contributed by atoms with Crippen molar-refractivity contribution < 1.29 is 5.21 Å². The Bertz CT molecular complexity index is 236. The number of allylic oxidation sites excluding steroid dienone is 2. The molecule has 2 aliphatic rings. The minimum absolute atomic E-state index is 0.330. The van der Waals surface area contributed by atoms with Gasteiger partial charge in [0.15, 0.2) is 0 Å². The van der Waals surface area contributed by atoms with Gasteiger partial charge in [0.1, 0.15) is 0 Å². The summed E-state index contributed by atoms with van der Waals surface area (Å²) in [5.74, 6) is 0.406. The largest absolute Gasteiger partial charge is 0.411 e. The summed E-state index contributed by atoms with van der Waals surface area (Å²) in [6.07, 6.45) is 7.02. The number of alkyl halides is 1. The third-order valence-corrected chi connectivity index (χ3v) is 3.33. The molecule has 1 N–H and O–H groups in total. The van der Waals surface area contributed by atoms with Crippen LogP contribution in [0.5, 0.6) is 0 Å². The van der Waals surface area contributed by atoms with Crippen LogP contribution in [0.2, 0.25) is 0 Å². The zero-order valence-electron chi connectivity index (χ0n) is 6.13. The van der Waals surface area contributed by atoms with Crippen molar-refractivity contribution in [3.05, 3.63) is 12.2 Å². The highest BCUT2D eigenvalue weighted by Crippen LogP contribution is 2.48. The summed E-state index contributed by atoms with van der Waals surface area (Å²) in [5.41, 5.74) is 0.758. The number of fused-ring (bicyclic) bond motifs is 1. The molecule has 2 atom stereocenters. The van der Waals surface area contributed by atoms with Crippen LogP contribution < -0.4 is 0 Å². The molecular formula is C8H10ClNO. The van der Waals surface area contributed by atoms with Gasteiger partial charge in [-0.2, -0.15) is 0 Å². The van der Waals surface area contributed by atoms with Crippen LogP contribution in [0.25, 0.3) is 0 Å². The van der Waals surface area contributed by atoms with Crippen molar-refractivity contribution in [2.24, 2.45) is 11.1 Å². The molecule has 1 saturated carbocycles. The second kappa shape index (κ2) is 2.24. The average Bonchev–Trinajstić information content (AvgIpc) is 1.99. The van der Waals surface area contributed by atoms with Crippen LogP contribution in [0.3, 0.4) is 0 Å². The molecule has 2 nitrogen and oxygen atoms in total. The van der Waals surface area contributed by atoms with E-state index in [1.165, 1.54) is 0 Å². The van der Waals surface area contributed by atoms with E-state index in [4.69, 9.17) is 16.8 Å². The van der Waals surface area contributed by atoms with Crippen molar-refractivity contribution in [3.8, 4) is 0 Å². The van der Waals surface area contributed by atoms with Crippen LogP contribution >= 0.6 is 11.6 Å². The maximum absolute atomic E-state index is 8.57. The minimum Gasteiger partial charge on any atom is -0.411 e. The summed E-state index contributed by atoms with van der Waals surface area (Å²) >= 11 is 6.23. The van der Waals surface area contributed by atoms with Crippen molar-refractivity contribution in [1.82, 2.24) is 0 Å². The summed E-state index contributed by atoms with van der Waals surface area (Å²) in [6.45, 7) is 0. The number of rotatable bonds is 0. The van der Waals surface area contributed by atoms with Crippen molar-refractivity contribution in [2.45, 2.75) is 24.1 Å².